The summed E-state index contributed by atoms with van der Waals surface area (Å²) in [5, 5.41) is 0. The summed E-state index contributed by atoms with van der Waals surface area (Å²) in [4.78, 5) is 0. The summed E-state index contributed by atoms with van der Waals surface area (Å²) in [5.74, 6) is 0.778. The largest absolute Gasteiger partial charge is 0.0879 e. The molecule has 0 aromatic carbocycles. The van der Waals surface area contributed by atoms with Crippen molar-refractivity contribution in [1.29, 1.82) is 0 Å². The molecule has 0 fully saturated rings. The van der Waals surface area contributed by atoms with Gasteiger partial charge in [0.1, 0.15) is 0 Å². The van der Waals surface area contributed by atoms with Gasteiger partial charge in [0.2, 0.25) is 0 Å². The predicted octanol–water partition coefficient (Wildman–Crippen LogP) is 4.02. The maximum Gasteiger partial charge on any atom is -0.0173 e. The summed E-state index contributed by atoms with van der Waals surface area (Å²) in [6.45, 7) is 13.5. The summed E-state index contributed by atoms with van der Waals surface area (Å²) in [6, 6.07) is 0. The molecule has 0 nitrogen and oxygen atoms in total. The van der Waals surface area contributed by atoms with E-state index in [0.717, 1.165) is 5.92 Å². The monoisotopic (exact) mass is 154 g/mol. The first-order valence-electron chi connectivity index (χ1n) is 4.53. The van der Waals surface area contributed by atoms with E-state index in [4.69, 9.17) is 0 Å². The molecule has 0 heteroatoms. The zero-order valence-electron chi connectivity index (χ0n) is 8.86. The lowest BCUT2D eigenvalue weighted by Crippen LogP contribution is -2.11. The van der Waals surface area contributed by atoms with E-state index < -0.39 is 0 Å². The number of allylic oxidation sites excluding steroid dienone is 2. The maximum absolute atomic E-state index is 2.28. The summed E-state index contributed by atoms with van der Waals surface area (Å²) in [5.41, 5.74) is 1.94. The Morgan fingerprint density at radius 2 is 1.73 bits per heavy atom. The molecule has 0 heterocycles. The molecule has 66 valence electrons. The van der Waals surface area contributed by atoms with Gasteiger partial charge in [-0.1, -0.05) is 46.3 Å². The second-order valence-corrected chi connectivity index (χ2v) is 4.66. The number of hydrogen-bond donors (Lipinski definition) is 0. The molecule has 0 saturated heterocycles. The summed E-state index contributed by atoms with van der Waals surface area (Å²) >= 11 is 0. The minimum atomic E-state index is 0.360. The van der Waals surface area contributed by atoms with Crippen molar-refractivity contribution >= 4 is 0 Å². The molecule has 0 unspecified atom stereocenters. The molecule has 11 heavy (non-hydrogen) atoms. The molecule has 0 aromatic rings. The summed E-state index contributed by atoms with van der Waals surface area (Å²) in [6.07, 6.45) is 3.50. The molecular weight excluding hydrogens is 132 g/mol. The average molecular weight is 154 g/mol. The van der Waals surface area contributed by atoms with Crippen LogP contribution < -0.4 is 0 Å². The van der Waals surface area contributed by atoms with Crippen LogP contribution in [0.5, 0.6) is 0 Å². The van der Waals surface area contributed by atoms with E-state index in [9.17, 15) is 0 Å². The van der Waals surface area contributed by atoms with E-state index in [1.54, 1.807) is 5.57 Å². The lowest BCUT2D eigenvalue weighted by molar-refractivity contribution is 0.452. The first kappa shape index (κ1) is 10.7. The Kier molecular flexibility index (Phi) is 3.85. The molecule has 0 rings (SSSR count). The van der Waals surface area contributed by atoms with Gasteiger partial charge in [0.05, 0.1) is 0 Å². The molecule has 0 N–H and O–H groups in total. The lowest BCUT2D eigenvalue weighted by Gasteiger charge is -2.24. The highest BCUT2D eigenvalue weighted by Gasteiger charge is 2.16. The number of hydrogen-bond acceptors (Lipinski definition) is 0. The fourth-order valence-electron chi connectivity index (χ4n) is 1.30. The Labute approximate surface area is 71.7 Å². The van der Waals surface area contributed by atoms with Crippen molar-refractivity contribution in [2.75, 3.05) is 0 Å². The average Bonchev–Trinajstić information content (AvgIpc) is 1.79. The molecule has 0 spiro atoms. The molecule has 0 saturated carbocycles. The number of rotatable bonds is 2. The lowest BCUT2D eigenvalue weighted by atomic mass is 9.82. The predicted molar refractivity (Wildman–Crippen MR) is 52.7 cm³/mol. The Hall–Kier alpha value is -0.260. The van der Waals surface area contributed by atoms with Gasteiger partial charge in [-0.2, -0.15) is 0 Å². The normalized spacial score (nSPS) is 14.3. The Bertz CT molecular complexity index is 133. The van der Waals surface area contributed by atoms with Crippen LogP contribution in [0.1, 0.15) is 48.0 Å². The van der Waals surface area contributed by atoms with E-state index in [-0.39, 0.29) is 0 Å². The van der Waals surface area contributed by atoms with E-state index >= 15 is 0 Å². The quantitative estimate of drug-likeness (QED) is 0.527. The second-order valence-electron chi connectivity index (χ2n) is 4.66. The Balaban J connectivity index is 4.21. The van der Waals surface area contributed by atoms with Crippen LogP contribution in [0.4, 0.5) is 0 Å². The van der Waals surface area contributed by atoms with E-state index in [1.807, 2.05) is 0 Å². The SMILES string of the molecule is C/C=C(\CC(C)C)C(C)(C)C. The maximum atomic E-state index is 2.28. The van der Waals surface area contributed by atoms with Crippen molar-refractivity contribution < 1.29 is 0 Å². The molecular formula is C11H22. The van der Waals surface area contributed by atoms with Crippen LogP contribution >= 0.6 is 0 Å². The highest BCUT2D eigenvalue weighted by molar-refractivity contribution is 5.09. The molecule has 0 aromatic heterocycles. The second kappa shape index (κ2) is 3.94. The third-order valence-corrected chi connectivity index (χ3v) is 1.94. The fourth-order valence-corrected chi connectivity index (χ4v) is 1.30. The van der Waals surface area contributed by atoms with Gasteiger partial charge in [-0.25, -0.2) is 0 Å². The fraction of sp³-hybridized carbons (Fsp3) is 0.818. The van der Waals surface area contributed by atoms with E-state index in [0.29, 0.717) is 5.41 Å². The zero-order valence-corrected chi connectivity index (χ0v) is 8.86. The van der Waals surface area contributed by atoms with Crippen molar-refractivity contribution in [1.82, 2.24) is 0 Å². The van der Waals surface area contributed by atoms with Crippen molar-refractivity contribution in [3.05, 3.63) is 11.6 Å². The van der Waals surface area contributed by atoms with Gasteiger partial charge in [0.25, 0.3) is 0 Å². The van der Waals surface area contributed by atoms with Crippen molar-refractivity contribution in [3.8, 4) is 0 Å². The molecule has 0 aliphatic carbocycles. The van der Waals surface area contributed by atoms with Crippen LogP contribution in [-0.4, -0.2) is 0 Å². The van der Waals surface area contributed by atoms with Crippen LogP contribution in [0.2, 0.25) is 0 Å². The molecule has 0 amide bonds. The first-order chi connectivity index (χ1) is 4.88. The minimum Gasteiger partial charge on any atom is -0.0879 e. The van der Waals surface area contributed by atoms with Gasteiger partial charge in [-0.05, 0) is 24.7 Å². The van der Waals surface area contributed by atoms with Crippen molar-refractivity contribution in [2.24, 2.45) is 11.3 Å². The topological polar surface area (TPSA) is 0 Å². The highest BCUT2D eigenvalue weighted by atomic mass is 14.2. The zero-order chi connectivity index (χ0) is 9.07. The van der Waals surface area contributed by atoms with Crippen molar-refractivity contribution in [2.45, 2.75) is 48.0 Å². The summed E-state index contributed by atoms with van der Waals surface area (Å²) in [7, 11) is 0. The summed E-state index contributed by atoms with van der Waals surface area (Å²) < 4.78 is 0. The molecule has 0 atom stereocenters. The van der Waals surface area contributed by atoms with Crippen LogP contribution in [0, 0.1) is 11.3 Å². The van der Waals surface area contributed by atoms with Crippen molar-refractivity contribution in [3.63, 3.8) is 0 Å². The van der Waals surface area contributed by atoms with E-state index in [1.165, 1.54) is 6.42 Å². The third kappa shape index (κ3) is 4.23. The molecule has 0 radical (unpaired) electrons. The van der Waals surface area contributed by atoms with Gasteiger partial charge in [-0.15, -0.1) is 0 Å². The Morgan fingerprint density at radius 1 is 1.27 bits per heavy atom. The van der Waals surface area contributed by atoms with Gasteiger partial charge in [-0.3, -0.25) is 0 Å². The van der Waals surface area contributed by atoms with Gasteiger partial charge in [0.15, 0.2) is 0 Å². The van der Waals surface area contributed by atoms with Gasteiger partial charge in [0, 0.05) is 0 Å². The van der Waals surface area contributed by atoms with Crippen LogP contribution in [0.3, 0.4) is 0 Å². The third-order valence-electron chi connectivity index (χ3n) is 1.94. The van der Waals surface area contributed by atoms with Gasteiger partial charge < -0.3 is 0 Å². The highest BCUT2D eigenvalue weighted by Crippen LogP contribution is 2.29. The van der Waals surface area contributed by atoms with Gasteiger partial charge >= 0.3 is 0 Å². The van der Waals surface area contributed by atoms with E-state index in [2.05, 4.69) is 47.6 Å². The molecule has 0 bridgehead atoms. The molecule has 0 aliphatic heterocycles. The van der Waals surface area contributed by atoms with Crippen LogP contribution in [0.15, 0.2) is 11.6 Å². The standard InChI is InChI=1S/C11H22/c1-7-10(8-9(2)3)11(4,5)6/h7,9H,8H2,1-6H3/b10-7+. The smallest absolute Gasteiger partial charge is 0.0173 e. The minimum absolute atomic E-state index is 0.360. The van der Waals surface area contributed by atoms with Crippen LogP contribution in [0.25, 0.3) is 0 Å². The first-order valence-corrected chi connectivity index (χ1v) is 4.53. The Morgan fingerprint density at radius 3 is 1.82 bits per heavy atom. The van der Waals surface area contributed by atoms with Crippen LogP contribution in [-0.2, 0) is 0 Å². The molecule has 0 aliphatic rings.